The van der Waals surface area contributed by atoms with Crippen molar-refractivity contribution in [2.45, 2.75) is 25.2 Å². The van der Waals surface area contributed by atoms with Crippen molar-refractivity contribution < 1.29 is 8.42 Å². The van der Waals surface area contributed by atoms with Gasteiger partial charge in [0.1, 0.15) is 0 Å². The molecule has 0 bridgehead atoms. The van der Waals surface area contributed by atoms with E-state index in [2.05, 4.69) is 23.5 Å². The molecule has 3 rings (SSSR count). The molecule has 0 aliphatic heterocycles. The van der Waals surface area contributed by atoms with E-state index in [0.29, 0.717) is 4.80 Å². The van der Waals surface area contributed by atoms with Crippen LogP contribution in [0, 0.1) is 6.92 Å². The first kappa shape index (κ1) is 16.0. The molecular formula is C17H18N2O2S2. The fraction of sp³-hybridized carbons (Fsp3) is 0.235. The molecule has 0 aliphatic rings. The van der Waals surface area contributed by atoms with E-state index in [1.54, 1.807) is 24.3 Å². The minimum Gasteiger partial charge on any atom is -0.319 e. The SMILES string of the molecule is CCc1ccc2c(c1)s/c(=N\S(=O)(=O)c1ccc(C)cc1)n2C. The molecule has 0 unspecified atom stereocenters. The number of rotatable bonds is 3. The fourth-order valence-corrected chi connectivity index (χ4v) is 4.66. The molecule has 1 aromatic heterocycles. The van der Waals surface area contributed by atoms with Crippen LogP contribution in [0.2, 0.25) is 0 Å². The summed E-state index contributed by atoms with van der Waals surface area (Å²) in [5, 5.41) is 0. The topological polar surface area (TPSA) is 51.4 Å². The highest BCUT2D eigenvalue weighted by molar-refractivity contribution is 7.90. The smallest absolute Gasteiger partial charge is 0.285 e. The molecule has 23 heavy (non-hydrogen) atoms. The second kappa shape index (κ2) is 5.94. The van der Waals surface area contributed by atoms with Crippen molar-refractivity contribution >= 4 is 31.6 Å². The van der Waals surface area contributed by atoms with Gasteiger partial charge in [-0.25, -0.2) is 0 Å². The predicted octanol–water partition coefficient (Wildman–Crippen LogP) is 3.40. The van der Waals surface area contributed by atoms with Crippen LogP contribution in [0.1, 0.15) is 18.1 Å². The van der Waals surface area contributed by atoms with Crippen LogP contribution in [0.15, 0.2) is 51.8 Å². The van der Waals surface area contributed by atoms with Gasteiger partial charge in [-0.2, -0.15) is 8.42 Å². The van der Waals surface area contributed by atoms with Gasteiger partial charge in [-0.3, -0.25) is 0 Å². The number of aryl methyl sites for hydroxylation is 3. The minimum atomic E-state index is -3.70. The average molecular weight is 346 g/mol. The number of thiazole rings is 1. The number of benzene rings is 2. The van der Waals surface area contributed by atoms with Gasteiger partial charge in [0.25, 0.3) is 10.0 Å². The van der Waals surface area contributed by atoms with Gasteiger partial charge in [0.2, 0.25) is 4.80 Å². The van der Waals surface area contributed by atoms with Crippen LogP contribution in [0.25, 0.3) is 10.2 Å². The third-order valence-corrected chi connectivity index (χ3v) is 6.29. The molecule has 0 atom stereocenters. The first-order valence-corrected chi connectivity index (χ1v) is 9.62. The van der Waals surface area contributed by atoms with Crippen molar-refractivity contribution in [1.29, 1.82) is 0 Å². The maximum Gasteiger partial charge on any atom is 0.285 e. The highest BCUT2D eigenvalue weighted by Crippen LogP contribution is 2.20. The van der Waals surface area contributed by atoms with Crippen LogP contribution in [0.3, 0.4) is 0 Å². The molecule has 3 aromatic rings. The number of nitrogens with zero attached hydrogens (tertiary/aromatic N) is 2. The van der Waals surface area contributed by atoms with E-state index in [1.165, 1.54) is 16.9 Å². The largest absolute Gasteiger partial charge is 0.319 e. The molecule has 0 fully saturated rings. The zero-order valence-corrected chi connectivity index (χ0v) is 14.9. The summed E-state index contributed by atoms with van der Waals surface area (Å²) in [5.74, 6) is 0. The van der Waals surface area contributed by atoms with E-state index in [0.717, 1.165) is 22.2 Å². The average Bonchev–Trinajstić information content (AvgIpc) is 2.82. The van der Waals surface area contributed by atoms with Crippen molar-refractivity contribution in [3.63, 3.8) is 0 Å². The molecule has 0 radical (unpaired) electrons. The van der Waals surface area contributed by atoms with Gasteiger partial charge in [-0.05, 0) is 43.2 Å². The molecule has 0 saturated heterocycles. The van der Waals surface area contributed by atoms with Crippen LogP contribution < -0.4 is 4.80 Å². The van der Waals surface area contributed by atoms with Crippen LogP contribution in [0.5, 0.6) is 0 Å². The quantitative estimate of drug-likeness (QED) is 0.730. The second-order valence-corrected chi connectivity index (χ2v) is 8.09. The summed E-state index contributed by atoms with van der Waals surface area (Å²) in [5.41, 5.74) is 3.24. The first-order valence-electron chi connectivity index (χ1n) is 7.37. The molecule has 1 heterocycles. The van der Waals surface area contributed by atoms with Gasteiger partial charge < -0.3 is 4.57 Å². The highest BCUT2D eigenvalue weighted by atomic mass is 32.2. The Kier molecular flexibility index (Phi) is 4.12. The van der Waals surface area contributed by atoms with Gasteiger partial charge in [0.15, 0.2) is 0 Å². The van der Waals surface area contributed by atoms with E-state index in [1.807, 2.05) is 24.6 Å². The summed E-state index contributed by atoms with van der Waals surface area (Å²) >= 11 is 1.40. The van der Waals surface area contributed by atoms with Gasteiger partial charge in [-0.15, -0.1) is 4.40 Å². The molecule has 2 aromatic carbocycles. The number of fused-ring (bicyclic) bond motifs is 1. The van der Waals surface area contributed by atoms with Crippen molar-refractivity contribution in [2.75, 3.05) is 0 Å². The Hall–Kier alpha value is -1.92. The van der Waals surface area contributed by atoms with E-state index < -0.39 is 10.0 Å². The maximum atomic E-state index is 12.5. The van der Waals surface area contributed by atoms with E-state index >= 15 is 0 Å². The standard InChI is InChI=1S/C17H18N2O2S2/c1-4-13-7-10-15-16(11-13)22-17(19(15)3)18-23(20,21)14-8-5-12(2)6-9-14/h5-11H,4H2,1-3H3/b18-17-. The van der Waals surface area contributed by atoms with E-state index in [9.17, 15) is 8.42 Å². The second-order valence-electron chi connectivity index (χ2n) is 5.48. The van der Waals surface area contributed by atoms with Crippen molar-refractivity contribution in [2.24, 2.45) is 11.4 Å². The molecule has 0 N–H and O–H groups in total. The summed E-state index contributed by atoms with van der Waals surface area (Å²) in [6.07, 6.45) is 0.950. The zero-order valence-electron chi connectivity index (χ0n) is 13.3. The molecule has 0 saturated carbocycles. The van der Waals surface area contributed by atoms with E-state index in [-0.39, 0.29) is 4.90 Å². The van der Waals surface area contributed by atoms with Crippen molar-refractivity contribution in [3.8, 4) is 0 Å². The lowest BCUT2D eigenvalue weighted by Crippen LogP contribution is -2.13. The number of aromatic nitrogens is 1. The number of hydrogen-bond acceptors (Lipinski definition) is 3. The van der Waals surface area contributed by atoms with Gasteiger partial charge in [-0.1, -0.05) is 42.0 Å². The van der Waals surface area contributed by atoms with Crippen molar-refractivity contribution in [3.05, 3.63) is 58.4 Å². The summed E-state index contributed by atoms with van der Waals surface area (Å²) < 4.78 is 31.9. The number of sulfonamides is 1. The molecule has 0 amide bonds. The Morgan fingerprint density at radius 1 is 1.13 bits per heavy atom. The zero-order chi connectivity index (χ0) is 16.6. The lowest BCUT2D eigenvalue weighted by molar-refractivity contribution is 0.596. The molecule has 120 valence electrons. The summed E-state index contributed by atoms with van der Waals surface area (Å²) in [4.78, 5) is 0.698. The Bertz CT molecular complexity index is 1030. The van der Waals surface area contributed by atoms with Crippen LogP contribution in [-0.4, -0.2) is 13.0 Å². The lowest BCUT2D eigenvalue weighted by atomic mass is 10.2. The summed E-state index contributed by atoms with van der Waals surface area (Å²) in [6, 6.07) is 12.9. The predicted molar refractivity (Wildman–Crippen MR) is 94.1 cm³/mol. The lowest BCUT2D eigenvalue weighted by Gasteiger charge is -1.99. The summed E-state index contributed by atoms with van der Waals surface area (Å²) in [7, 11) is -1.86. The minimum absolute atomic E-state index is 0.217. The molecule has 6 heteroatoms. The Morgan fingerprint density at radius 3 is 2.48 bits per heavy atom. The third kappa shape index (κ3) is 3.09. The molecular weight excluding hydrogens is 328 g/mol. The van der Waals surface area contributed by atoms with Gasteiger partial charge in [0, 0.05) is 7.05 Å². The maximum absolute atomic E-state index is 12.5. The van der Waals surface area contributed by atoms with Crippen LogP contribution in [-0.2, 0) is 23.5 Å². The molecule has 0 aliphatic carbocycles. The number of hydrogen-bond donors (Lipinski definition) is 0. The van der Waals surface area contributed by atoms with Crippen LogP contribution in [0.4, 0.5) is 0 Å². The Labute approximate surface area is 139 Å². The molecule has 4 nitrogen and oxygen atoms in total. The van der Waals surface area contributed by atoms with Crippen LogP contribution >= 0.6 is 11.3 Å². The third-order valence-electron chi connectivity index (χ3n) is 3.80. The Morgan fingerprint density at radius 2 is 1.83 bits per heavy atom. The normalized spacial score (nSPS) is 12.9. The fourth-order valence-electron chi connectivity index (χ4n) is 2.35. The first-order chi connectivity index (χ1) is 10.9. The molecule has 0 spiro atoms. The van der Waals surface area contributed by atoms with Gasteiger partial charge in [0.05, 0.1) is 15.1 Å². The Balaban J connectivity index is 2.16. The van der Waals surface area contributed by atoms with E-state index in [4.69, 9.17) is 0 Å². The summed E-state index contributed by atoms with van der Waals surface area (Å²) in [6.45, 7) is 4.02. The highest BCUT2D eigenvalue weighted by Gasteiger charge is 2.13. The monoisotopic (exact) mass is 346 g/mol. The van der Waals surface area contributed by atoms with Gasteiger partial charge >= 0.3 is 0 Å². The van der Waals surface area contributed by atoms with Crippen molar-refractivity contribution in [1.82, 2.24) is 4.57 Å².